The summed E-state index contributed by atoms with van der Waals surface area (Å²) in [4.78, 5) is 2.51. The highest BCUT2D eigenvalue weighted by Crippen LogP contribution is 2.53. The monoisotopic (exact) mass is 745 g/mol. The van der Waals surface area contributed by atoms with Gasteiger partial charge in [0.25, 0.3) is 0 Å². The molecule has 0 radical (unpaired) electrons. The van der Waals surface area contributed by atoms with Crippen LogP contribution in [0.2, 0.25) is 0 Å². The molecule has 0 saturated heterocycles. The fourth-order valence-corrected chi connectivity index (χ4v) is 10.3. The average Bonchev–Trinajstić information content (AvgIpc) is 3.76. The zero-order chi connectivity index (χ0) is 38.1. The molecule has 0 atom stereocenters. The van der Waals surface area contributed by atoms with E-state index in [2.05, 4.69) is 219 Å². The molecule has 57 heavy (non-hydrogen) atoms. The molecule has 1 heterocycles. The largest absolute Gasteiger partial charge is 0.310 e. The molecular weight excluding hydrogens is 707 g/mol. The maximum Gasteiger partial charge on any atom is 0.0547 e. The minimum absolute atomic E-state index is 0.135. The van der Waals surface area contributed by atoms with E-state index in [4.69, 9.17) is 0 Å². The van der Waals surface area contributed by atoms with E-state index >= 15 is 0 Å². The molecule has 11 rings (SSSR count). The molecule has 10 aromatic rings. The second kappa shape index (κ2) is 13.2. The van der Waals surface area contributed by atoms with Gasteiger partial charge in [-0.3, -0.25) is 0 Å². The van der Waals surface area contributed by atoms with Gasteiger partial charge >= 0.3 is 0 Å². The molecular formula is C55H39NS. The van der Waals surface area contributed by atoms with Gasteiger partial charge < -0.3 is 4.90 Å². The van der Waals surface area contributed by atoms with E-state index in [-0.39, 0.29) is 5.41 Å². The van der Waals surface area contributed by atoms with Crippen LogP contribution in [0.3, 0.4) is 0 Å². The number of benzene rings is 9. The number of hydrogen-bond donors (Lipinski definition) is 0. The van der Waals surface area contributed by atoms with Crippen LogP contribution in [0.1, 0.15) is 25.0 Å². The normalized spacial score (nSPS) is 12.9. The van der Waals surface area contributed by atoms with Crippen LogP contribution in [0.15, 0.2) is 200 Å². The molecule has 0 bridgehead atoms. The van der Waals surface area contributed by atoms with Gasteiger partial charge in [0.2, 0.25) is 0 Å². The minimum atomic E-state index is -0.135. The number of fused-ring (bicyclic) bond motifs is 7. The Morgan fingerprint density at radius 1 is 0.404 bits per heavy atom. The highest BCUT2D eigenvalue weighted by molar-refractivity contribution is 7.26. The third kappa shape index (κ3) is 5.51. The van der Waals surface area contributed by atoms with Crippen molar-refractivity contribution in [3.05, 3.63) is 211 Å². The molecule has 0 fully saturated rings. The summed E-state index contributed by atoms with van der Waals surface area (Å²) >= 11 is 1.87. The van der Waals surface area contributed by atoms with E-state index in [1.54, 1.807) is 0 Å². The lowest BCUT2D eigenvalue weighted by Gasteiger charge is -2.30. The first-order chi connectivity index (χ1) is 28.0. The quantitative estimate of drug-likeness (QED) is 0.164. The van der Waals surface area contributed by atoms with Crippen molar-refractivity contribution in [3.8, 4) is 44.5 Å². The molecule has 0 N–H and O–H groups in total. The predicted octanol–water partition coefficient (Wildman–Crippen LogP) is 16.0. The van der Waals surface area contributed by atoms with Crippen LogP contribution in [0.4, 0.5) is 17.1 Å². The van der Waals surface area contributed by atoms with Crippen molar-refractivity contribution in [1.82, 2.24) is 0 Å². The second-order valence-corrected chi connectivity index (χ2v) is 16.8. The molecule has 0 spiro atoms. The Morgan fingerprint density at radius 2 is 1.05 bits per heavy atom. The first-order valence-electron chi connectivity index (χ1n) is 19.8. The molecule has 9 aromatic carbocycles. The first kappa shape index (κ1) is 33.6. The number of hydrogen-bond acceptors (Lipinski definition) is 2. The molecule has 1 aromatic heterocycles. The summed E-state index contributed by atoms with van der Waals surface area (Å²) < 4.78 is 2.59. The molecule has 2 heteroatoms. The van der Waals surface area contributed by atoms with Crippen LogP contribution >= 0.6 is 11.3 Å². The lowest BCUT2D eigenvalue weighted by atomic mass is 9.82. The predicted molar refractivity (Wildman–Crippen MR) is 245 cm³/mol. The van der Waals surface area contributed by atoms with E-state index in [9.17, 15) is 0 Å². The zero-order valence-corrected chi connectivity index (χ0v) is 32.7. The summed E-state index contributed by atoms with van der Waals surface area (Å²) in [6.07, 6.45) is 0. The molecule has 1 aliphatic carbocycles. The summed E-state index contributed by atoms with van der Waals surface area (Å²) in [5.74, 6) is 0. The maximum absolute atomic E-state index is 2.51. The van der Waals surface area contributed by atoms with E-state index < -0.39 is 0 Å². The van der Waals surface area contributed by atoms with Crippen LogP contribution in [0.25, 0.3) is 75.5 Å². The van der Waals surface area contributed by atoms with Gasteiger partial charge in [-0.05, 0) is 109 Å². The van der Waals surface area contributed by atoms with Gasteiger partial charge in [-0.15, -0.1) is 11.3 Å². The van der Waals surface area contributed by atoms with Gasteiger partial charge in [0.1, 0.15) is 0 Å². The fraction of sp³-hybridized carbons (Fsp3) is 0.0545. The van der Waals surface area contributed by atoms with E-state index in [1.807, 2.05) is 11.3 Å². The number of rotatable bonds is 6. The first-order valence-corrected chi connectivity index (χ1v) is 20.6. The summed E-state index contributed by atoms with van der Waals surface area (Å²) in [7, 11) is 0. The standard InChI is InChI=1S/C55H39NS/c1-55(2)48-21-10-8-19-45(48)46-30-29-44(35-49(46)55)56(43-18-12-17-41(34-43)42-28-25-37-15-6-7-16-40(37)33-42)50-31-32-52-54(47-20-9-11-22-51(47)57-52)53(50)39-26-23-38(24-27-39)36-13-4-3-5-14-36/h3-35H,1-2H3. The van der Waals surface area contributed by atoms with Crippen molar-refractivity contribution in [2.75, 3.05) is 4.90 Å². The minimum Gasteiger partial charge on any atom is -0.310 e. The lowest BCUT2D eigenvalue weighted by Crippen LogP contribution is -2.17. The summed E-state index contributed by atoms with van der Waals surface area (Å²) in [5, 5.41) is 5.08. The van der Waals surface area contributed by atoms with Crippen molar-refractivity contribution in [1.29, 1.82) is 0 Å². The van der Waals surface area contributed by atoms with Crippen LogP contribution in [0, 0.1) is 0 Å². The molecule has 1 nitrogen and oxygen atoms in total. The number of thiophene rings is 1. The summed E-state index contributed by atoms with van der Waals surface area (Å²) in [5.41, 5.74) is 15.9. The van der Waals surface area contributed by atoms with Gasteiger partial charge in [-0.2, -0.15) is 0 Å². The van der Waals surface area contributed by atoms with E-state index in [1.165, 1.54) is 86.6 Å². The second-order valence-electron chi connectivity index (χ2n) is 15.7. The molecule has 0 saturated carbocycles. The Labute approximate surface area is 337 Å². The highest BCUT2D eigenvalue weighted by Gasteiger charge is 2.36. The molecule has 0 amide bonds. The van der Waals surface area contributed by atoms with Crippen LogP contribution in [0.5, 0.6) is 0 Å². The maximum atomic E-state index is 2.51. The molecule has 0 aliphatic heterocycles. The van der Waals surface area contributed by atoms with Crippen molar-refractivity contribution >= 4 is 59.3 Å². The van der Waals surface area contributed by atoms with Crippen molar-refractivity contribution in [2.24, 2.45) is 0 Å². The Balaban J connectivity index is 1.17. The van der Waals surface area contributed by atoms with Gasteiger partial charge in [-0.1, -0.05) is 166 Å². The fourth-order valence-electron chi connectivity index (χ4n) is 9.20. The van der Waals surface area contributed by atoms with Gasteiger partial charge in [0.15, 0.2) is 0 Å². The smallest absolute Gasteiger partial charge is 0.0547 e. The van der Waals surface area contributed by atoms with Gasteiger partial charge in [0.05, 0.1) is 5.69 Å². The number of nitrogens with zero attached hydrogens (tertiary/aromatic N) is 1. The van der Waals surface area contributed by atoms with Gasteiger partial charge in [-0.25, -0.2) is 0 Å². The highest BCUT2D eigenvalue weighted by atomic mass is 32.1. The third-order valence-corrected chi connectivity index (χ3v) is 13.2. The van der Waals surface area contributed by atoms with Crippen molar-refractivity contribution in [2.45, 2.75) is 19.3 Å². The summed E-state index contributed by atoms with van der Waals surface area (Å²) in [6, 6.07) is 74.0. The third-order valence-electron chi connectivity index (χ3n) is 12.1. The average molecular weight is 746 g/mol. The topological polar surface area (TPSA) is 3.24 Å². The molecule has 0 unspecified atom stereocenters. The lowest BCUT2D eigenvalue weighted by molar-refractivity contribution is 0.660. The zero-order valence-electron chi connectivity index (χ0n) is 31.9. The van der Waals surface area contributed by atoms with E-state index in [0.717, 1.165) is 17.1 Å². The SMILES string of the molecule is CC1(C)c2ccccc2-c2ccc(N(c3cccc(-c4ccc5ccccc5c4)c3)c3ccc4sc5ccccc5c4c3-c3ccc(-c4ccccc4)cc3)cc21. The van der Waals surface area contributed by atoms with Crippen molar-refractivity contribution in [3.63, 3.8) is 0 Å². The van der Waals surface area contributed by atoms with Crippen LogP contribution < -0.4 is 4.90 Å². The Kier molecular flexibility index (Phi) is 7.77. The van der Waals surface area contributed by atoms with Gasteiger partial charge in [0, 0.05) is 42.5 Å². The Hall–Kier alpha value is -6.74. The number of anilines is 3. The summed E-state index contributed by atoms with van der Waals surface area (Å²) in [6.45, 7) is 4.74. The van der Waals surface area contributed by atoms with Crippen LogP contribution in [-0.2, 0) is 5.41 Å². The Morgan fingerprint density at radius 3 is 1.93 bits per heavy atom. The molecule has 270 valence electrons. The van der Waals surface area contributed by atoms with E-state index in [0.29, 0.717) is 0 Å². The molecule has 1 aliphatic rings. The Bertz CT molecular complexity index is 3150. The van der Waals surface area contributed by atoms with Crippen LogP contribution in [-0.4, -0.2) is 0 Å². The van der Waals surface area contributed by atoms with Crippen molar-refractivity contribution < 1.29 is 0 Å².